The molecule has 2 aromatic carbocycles. The highest BCUT2D eigenvalue weighted by atomic mass is 32.2. The first-order chi connectivity index (χ1) is 11.5. The fourth-order valence-electron chi connectivity index (χ4n) is 3.03. The second-order valence-electron chi connectivity index (χ2n) is 6.15. The molecule has 0 radical (unpaired) electrons. The summed E-state index contributed by atoms with van der Waals surface area (Å²) < 4.78 is 33.7. The van der Waals surface area contributed by atoms with Crippen molar-refractivity contribution in [3.63, 3.8) is 0 Å². The predicted molar refractivity (Wildman–Crippen MR) is 98.8 cm³/mol. The van der Waals surface area contributed by atoms with Gasteiger partial charge in [-0.25, -0.2) is 0 Å². The molecule has 0 saturated carbocycles. The normalized spacial score (nSPS) is 11.6. The van der Waals surface area contributed by atoms with Crippen LogP contribution >= 0.6 is 0 Å². The standard InChI is InChI=1S/C20H26O3S/c1-2-3-4-5-6-8-14-18-15-11-16-19(20(18)24(21,22)23)17-12-9-7-10-13-17/h7,9-13,15-16H,2-6,8,14H2,1H3,(H,21,22,23). The number of benzene rings is 2. The van der Waals surface area contributed by atoms with Crippen LogP contribution < -0.4 is 0 Å². The van der Waals surface area contributed by atoms with Gasteiger partial charge in [0.1, 0.15) is 4.90 Å². The number of hydrogen-bond donors (Lipinski definition) is 1. The first kappa shape index (κ1) is 18.7. The Kier molecular flexibility index (Phi) is 7.00. The summed E-state index contributed by atoms with van der Waals surface area (Å²) in [5, 5.41) is 0. The molecule has 0 aliphatic carbocycles. The molecule has 4 heteroatoms. The van der Waals surface area contributed by atoms with Crippen molar-refractivity contribution in [2.75, 3.05) is 0 Å². The highest BCUT2D eigenvalue weighted by molar-refractivity contribution is 7.86. The summed E-state index contributed by atoms with van der Waals surface area (Å²) in [6, 6.07) is 14.8. The van der Waals surface area contributed by atoms with E-state index in [4.69, 9.17) is 0 Å². The lowest BCUT2D eigenvalue weighted by Crippen LogP contribution is -2.06. The number of aryl methyl sites for hydroxylation is 1. The molecule has 1 N–H and O–H groups in total. The van der Waals surface area contributed by atoms with E-state index >= 15 is 0 Å². The van der Waals surface area contributed by atoms with Gasteiger partial charge in [-0.05, 0) is 24.0 Å². The van der Waals surface area contributed by atoms with Gasteiger partial charge in [0.2, 0.25) is 0 Å². The van der Waals surface area contributed by atoms with Crippen molar-refractivity contribution in [2.45, 2.75) is 56.8 Å². The minimum Gasteiger partial charge on any atom is -0.282 e. The average molecular weight is 346 g/mol. The second-order valence-corrected chi connectivity index (χ2v) is 7.51. The molecule has 2 rings (SSSR count). The molecule has 0 bridgehead atoms. The Hall–Kier alpha value is -1.65. The van der Waals surface area contributed by atoms with Crippen LogP contribution in [0.5, 0.6) is 0 Å². The Morgan fingerprint density at radius 1 is 0.833 bits per heavy atom. The van der Waals surface area contributed by atoms with Crippen LogP contribution in [0.25, 0.3) is 11.1 Å². The zero-order chi connectivity index (χ0) is 17.4. The molecule has 24 heavy (non-hydrogen) atoms. The highest BCUT2D eigenvalue weighted by Crippen LogP contribution is 2.31. The maximum absolute atomic E-state index is 12.0. The molecular weight excluding hydrogens is 320 g/mol. The molecule has 0 heterocycles. The van der Waals surface area contributed by atoms with Crippen molar-refractivity contribution in [1.82, 2.24) is 0 Å². The third kappa shape index (κ3) is 5.18. The highest BCUT2D eigenvalue weighted by Gasteiger charge is 2.20. The molecule has 0 fully saturated rings. The molecule has 0 saturated heterocycles. The topological polar surface area (TPSA) is 54.4 Å². The molecule has 0 unspecified atom stereocenters. The van der Waals surface area contributed by atoms with Crippen LogP contribution in [0.1, 0.15) is 51.0 Å². The van der Waals surface area contributed by atoms with Gasteiger partial charge in [-0.1, -0.05) is 87.6 Å². The minimum absolute atomic E-state index is 0.0600. The fourth-order valence-corrected chi connectivity index (χ4v) is 3.99. The summed E-state index contributed by atoms with van der Waals surface area (Å²) in [5.41, 5.74) is 2.07. The maximum atomic E-state index is 12.0. The van der Waals surface area contributed by atoms with Crippen molar-refractivity contribution in [2.24, 2.45) is 0 Å². The molecule has 0 spiro atoms. The minimum atomic E-state index is -4.26. The summed E-state index contributed by atoms with van der Waals surface area (Å²) in [5.74, 6) is 0. The van der Waals surface area contributed by atoms with Crippen molar-refractivity contribution >= 4 is 10.1 Å². The van der Waals surface area contributed by atoms with E-state index in [1.54, 1.807) is 6.07 Å². The molecule has 0 aliphatic rings. The zero-order valence-electron chi connectivity index (χ0n) is 14.2. The molecule has 3 nitrogen and oxygen atoms in total. The van der Waals surface area contributed by atoms with Crippen molar-refractivity contribution in [3.8, 4) is 11.1 Å². The van der Waals surface area contributed by atoms with Crippen molar-refractivity contribution in [1.29, 1.82) is 0 Å². The molecule has 0 atom stereocenters. The first-order valence-electron chi connectivity index (χ1n) is 8.69. The SMILES string of the molecule is CCCCCCCCc1cccc(-c2ccccc2)c1S(=O)(=O)O. The summed E-state index contributed by atoms with van der Waals surface area (Å²) in [4.78, 5) is 0.0600. The molecule has 0 amide bonds. The Balaban J connectivity index is 2.22. The molecule has 0 aromatic heterocycles. The van der Waals surface area contributed by atoms with Gasteiger partial charge in [0.25, 0.3) is 10.1 Å². The molecule has 130 valence electrons. The van der Waals surface area contributed by atoms with Gasteiger partial charge < -0.3 is 0 Å². The van der Waals surface area contributed by atoms with Gasteiger partial charge in [-0.3, -0.25) is 4.55 Å². The van der Waals surface area contributed by atoms with Crippen LogP contribution in [0.2, 0.25) is 0 Å². The van der Waals surface area contributed by atoms with Gasteiger partial charge in [-0.15, -0.1) is 0 Å². The quantitative estimate of drug-likeness (QED) is 0.481. The fraction of sp³-hybridized carbons (Fsp3) is 0.400. The first-order valence-corrected chi connectivity index (χ1v) is 10.1. The van der Waals surface area contributed by atoms with E-state index < -0.39 is 10.1 Å². The number of hydrogen-bond acceptors (Lipinski definition) is 2. The van der Waals surface area contributed by atoms with Crippen molar-refractivity contribution in [3.05, 3.63) is 54.1 Å². The average Bonchev–Trinajstić information content (AvgIpc) is 2.57. The van der Waals surface area contributed by atoms with E-state index in [1.165, 1.54) is 25.7 Å². The largest absolute Gasteiger partial charge is 0.295 e. The Labute approximate surface area is 145 Å². The van der Waals surface area contributed by atoms with E-state index in [2.05, 4.69) is 6.92 Å². The van der Waals surface area contributed by atoms with E-state index in [0.717, 1.165) is 18.4 Å². The van der Waals surface area contributed by atoms with E-state index in [-0.39, 0.29) is 4.90 Å². The van der Waals surface area contributed by atoms with Gasteiger partial charge in [-0.2, -0.15) is 8.42 Å². The van der Waals surface area contributed by atoms with Crippen LogP contribution in [-0.4, -0.2) is 13.0 Å². The monoisotopic (exact) mass is 346 g/mol. The van der Waals surface area contributed by atoms with E-state index in [1.807, 2.05) is 42.5 Å². The van der Waals surface area contributed by atoms with Crippen LogP contribution in [-0.2, 0) is 16.5 Å². The van der Waals surface area contributed by atoms with Crippen LogP contribution in [0.15, 0.2) is 53.4 Å². The summed E-state index contributed by atoms with van der Waals surface area (Å²) in [6.45, 7) is 2.19. The predicted octanol–water partition coefficient (Wildman–Crippen LogP) is 5.50. The van der Waals surface area contributed by atoms with Crippen LogP contribution in [0.4, 0.5) is 0 Å². The third-order valence-electron chi connectivity index (χ3n) is 4.24. The smallest absolute Gasteiger partial charge is 0.282 e. The maximum Gasteiger partial charge on any atom is 0.295 e. The second kappa shape index (κ2) is 9.00. The Morgan fingerprint density at radius 3 is 2.17 bits per heavy atom. The zero-order valence-corrected chi connectivity index (χ0v) is 15.1. The molecule has 0 aliphatic heterocycles. The summed E-state index contributed by atoms with van der Waals surface area (Å²) in [6.07, 6.45) is 7.55. The van der Waals surface area contributed by atoms with Gasteiger partial charge >= 0.3 is 0 Å². The molecule has 2 aromatic rings. The summed E-state index contributed by atoms with van der Waals surface area (Å²) in [7, 11) is -4.26. The van der Waals surface area contributed by atoms with Gasteiger partial charge in [0.05, 0.1) is 0 Å². The lowest BCUT2D eigenvalue weighted by atomic mass is 9.99. The van der Waals surface area contributed by atoms with Crippen LogP contribution in [0.3, 0.4) is 0 Å². The lowest BCUT2D eigenvalue weighted by Gasteiger charge is -2.13. The van der Waals surface area contributed by atoms with Gasteiger partial charge in [0.15, 0.2) is 0 Å². The number of unbranched alkanes of at least 4 members (excludes halogenated alkanes) is 5. The van der Waals surface area contributed by atoms with Crippen molar-refractivity contribution < 1.29 is 13.0 Å². The number of rotatable bonds is 9. The third-order valence-corrected chi connectivity index (χ3v) is 5.24. The summed E-state index contributed by atoms with van der Waals surface area (Å²) >= 11 is 0. The van der Waals surface area contributed by atoms with E-state index in [0.29, 0.717) is 17.5 Å². The Morgan fingerprint density at radius 2 is 1.50 bits per heavy atom. The van der Waals surface area contributed by atoms with Crippen LogP contribution in [0, 0.1) is 0 Å². The Bertz CT molecular complexity index is 737. The van der Waals surface area contributed by atoms with Gasteiger partial charge in [0, 0.05) is 5.56 Å². The van der Waals surface area contributed by atoms with E-state index in [9.17, 15) is 13.0 Å². The molecular formula is C20H26O3S. The lowest BCUT2D eigenvalue weighted by molar-refractivity contribution is 0.482.